The second-order valence-electron chi connectivity index (χ2n) is 3.44. The predicted octanol–water partition coefficient (Wildman–Crippen LogP) is 0.591. The minimum absolute atomic E-state index is 0.516. The Morgan fingerprint density at radius 1 is 1.44 bits per heavy atom. The van der Waals surface area contributed by atoms with E-state index in [0.29, 0.717) is 5.01 Å². The van der Waals surface area contributed by atoms with Gasteiger partial charge in [-0.15, -0.1) is 11.3 Å². The third kappa shape index (κ3) is 1.58. The number of imide groups is 2. The lowest BCUT2D eigenvalue weighted by atomic mass is 10.3. The van der Waals surface area contributed by atoms with Gasteiger partial charge >= 0.3 is 17.8 Å². The number of aromatic nitrogens is 1. The maximum atomic E-state index is 11.4. The van der Waals surface area contributed by atoms with Gasteiger partial charge in [0.15, 0.2) is 0 Å². The number of nitrogens with one attached hydrogen (secondary N) is 1. The molecule has 4 amide bonds. The molecule has 0 bridgehead atoms. The molecule has 1 N–H and O–H groups in total. The fourth-order valence-electron chi connectivity index (χ4n) is 1.44. The quantitative estimate of drug-likeness (QED) is 0.605. The Morgan fingerprint density at radius 3 is 2.56 bits per heavy atom. The van der Waals surface area contributed by atoms with Crippen LogP contribution in [0.1, 0.15) is 23.7 Å². The first-order chi connectivity index (χ1) is 7.50. The molecule has 1 aliphatic rings. The molecule has 6 nitrogen and oxygen atoms in total. The Kier molecular flexibility index (Phi) is 2.47. The van der Waals surface area contributed by atoms with Crippen LogP contribution in [0.2, 0.25) is 0 Å². The van der Waals surface area contributed by atoms with Gasteiger partial charge in [0.1, 0.15) is 5.01 Å². The summed E-state index contributed by atoms with van der Waals surface area (Å²) in [6, 6.07) is -1.20. The molecule has 1 atom stereocenters. The van der Waals surface area contributed by atoms with Crippen LogP contribution in [0.5, 0.6) is 0 Å². The van der Waals surface area contributed by atoms with E-state index in [1.807, 2.05) is 17.6 Å². The SMILES string of the molecule is Cc1csc(C(C)N2C(=O)NC(=O)C2=O)n1. The summed E-state index contributed by atoms with van der Waals surface area (Å²) in [6.45, 7) is 3.48. The van der Waals surface area contributed by atoms with Crippen LogP contribution in [0, 0.1) is 6.92 Å². The third-order valence-electron chi connectivity index (χ3n) is 2.23. The fourth-order valence-corrected chi connectivity index (χ4v) is 2.28. The zero-order valence-corrected chi connectivity index (χ0v) is 9.50. The molecular weight excluding hydrogens is 230 g/mol. The number of thiazole rings is 1. The molecule has 1 saturated heterocycles. The van der Waals surface area contributed by atoms with Gasteiger partial charge in [-0.3, -0.25) is 14.9 Å². The van der Waals surface area contributed by atoms with Crippen LogP contribution >= 0.6 is 11.3 Å². The van der Waals surface area contributed by atoms with Gasteiger partial charge in [0.25, 0.3) is 0 Å². The van der Waals surface area contributed by atoms with E-state index in [-0.39, 0.29) is 0 Å². The van der Waals surface area contributed by atoms with Crippen molar-refractivity contribution in [2.24, 2.45) is 0 Å². The molecule has 0 aromatic carbocycles. The minimum Gasteiger partial charge on any atom is -0.269 e. The summed E-state index contributed by atoms with van der Waals surface area (Å²) in [7, 11) is 0. The van der Waals surface area contributed by atoms with Gasteiger partial charge in [0, 0.05) is 11.1 Å². The smallest absolute Gasteiger partial charge is 0.269 e. The van der Waals surface area contributed by atoms with Gasteiger partial charge < -0.3 is 0 Å². The summed E-state index contributed by atoms with van der Waals surface area (Å²) >= 11 is 1.35. The summed E-state index contributed by atoms with van der Waals surface area (Å²) in [6.07, 6.45) is 0. The number of amides is 4. The summed E-state index contributed by atoms with van der Waals surface area (Å²) in [5.41, 5.74) is 0.824. The molecule has 0 spiro atoms. The van der Waals surface area contributed by atoms with Gasteiger partial charge in [0.2, 0.25) is 0 Å². The molecule has 7 heteroatoms. The van der Waals surface area contributed by atoms with E-state index in [1.54, 1.807) is 6.92 Å². The van der Waals surface area contributed by atoms with Crippen molar-refractivity contribution >= 4 is 29.2 Å². The zero-order valence-electron chi connectivity index (χ0n) is 8.68. The maximum absolute atomic E-state index is 11.4. The Bertz CT molecular complexity index is 482. The predicted molar refractivity (Wildman–Crippen MR) is 55.7 cm³/mol. The van der Waals surface area contributed by atoms with Crippen molar-refractivity contribution in [2.45, 2.75) is 19.9 Å². The van der Waals surface area contributed by atoms with E-state index in [0.717, 1.165) is 10.6 Å². The number of hydrogen-bond acceptors (Lipinski definition) is 5. The highest BCUT2D eigenvalue weighted by molar-refractivity contribution is 7.09. The maximum Gasteiger partial charge on any atom is 0.332 e. The molecule has 0 aliphatic carbocycles. The van der Waals surface area contributed by atoms with E-state index in [2.05, 4.69) is 4.98 Å². The van der Waals surface area contributed by atoms with Gasteiger partial charge in [-0.2, -0.15) is 0 Å². The van der Waals surface area contributed by atoms with Gasteiger partial charge in [0.05, 0.1) is 6.04 Å². The highest BCUT2D eigenvalue weighted by atomic mass is 32.1. The molecular formula is C9H9N3O3S. The average molecular weight is 239 g/mol. The first-order valence-corrected chi connectivity index (χ1v) is 5.49. The number of carbonyl (C=O) groups excluding carboxylic acids is 3. The molecule has 16 heavy (non-hydrogen) atoms. The molecule has 1 aromatic heterocycles. The van der Waals surface area contributed by atoms with E-state index < -0.39 is 23.9 Å². The molecule has 84 valence electrons. The standard InChI is InChI=1S/C9H9N3O3S/c1-4-3-16-7(10-4)5(2)12-8(14)6(13)11-9(12)15/h3,5H,1-2H3,(H,11,13,15). The van der Waals surface area contributed by atoms with Crippen LogP contribution in [-0.2, 0) is 9.59 Å². The first kappa shape index (κ1) is 10.7. The number of nitrogens with zero attached hydrogens (tertiary/aromatic N) is 2. The second-order valence-corrected chi connectivity index (χ2v) is 4.33. The van der Waals surface area contributed by atoms with Crippen molar-refractivity contribution in [1.29, 1.82) is 0 Å². The van der Waals surface area contributed by atoms with Gasteiger partial charge in [-0.1, -0.05) is 0 Å². The summed E-state index contributed by atoms with van der Waals surface area (Å²) in [5.74, 6) is -1.71. The topological polar surface area (TPSA) is 79.4 Å². The summed E-state index contributed by atoms with van der Waals surface area (Å²) in [4.78, 5) is 38.8. The number of urea groups is 1. The molecule has 2 heterocycles. The van der Waals surface area contributed by atoms with E-state index in [4.69, 9.17) is 0 Å². The number of aryl methyl sites for hydroxylation is 1. The van der Waals surface area contributed by atoms with Crippen molar-refractivity contribution in [1.82, 2.24) is 15.2 Å². The summed E-state index contributed by atoms with van der Waals surface area (Å²) in [5, 5.41) is 4.41. The highest BCUT2D eigenvalue weighted by Crippen LogP contribution is 2.25. The second kappa shape index (κ2) is 3.67. The Morgan fingerprint density at radius 2 is 2.12 bits per heavy atom. The van der Waals surface area contributed by atoms with Crippen molar-refractivity contribution in [2.75, 3.05) is 0 Å². The van der Waals surface area contributed by atoms with Crippen LogP contribution < -0.4 is 5.32 Å². The van der Waals surface area contributed by atoms with Crippen LogP contribution in [0.3, 0.4) is 0 Å². The van der Waals surface area contributed by atoms with Gasteiger partial charge in [-0.05, 0) is 13.8 Å². The summed E-state index contributed by atoms with van der Waals surface area (Å²) < 4.78 is 0. The van der Waals surface area contributed by atoms with E-state index >= 15 is 0 Å². The van der Waals surface area contributed by atoms with E-state index in [1.165, 1.54) is 11.3 Å². The minimum atomic E-state index is -0.884. The Balaban J connectivity index is 2.28. The Hall–Kier alpha value is -1.76. The number of carbonyl (C=O) groups is 3. The number of rotatable bonds is 2. The lowest BCUT2D eigenvalue weighted by Crippen LogP contribution is -2.33. The first-order valence-electron chi connectivity index (χ1n) is 4.61. The third-order valence-corrected chi connectivity index (χ3v) is 3.37. The van der Waals surface area contributed by atoms with Crippen LogP contribution in [-0.4, -0.2) is 27.7 Å². The van der Waals surface area contributed by atoms with Gasteiger partial charge in [-0.25, -0.2) is 14.7 Å². The molecule has 2 rings (SSSR count). The van der Waals surface area contributed by atoms with Crippen LogP contribution in [0.4, 0.5) is 4.79 Å². The molecule has 0 radical (unpaired) electrons. The molecule has 1 fully saturated rings. The fraction of sp³-hybridized carbons (Fsp3) is 0.333. The zero-order chi connectivity index (χ0) is 11.9. The van der Waals surface area contributed by atoms with E-state index in [9.17, 15) is 14.4 Å². The highest BCUT2D eigenvalue weighted by Gasteiger charge is 2.41. The molecule has 1 aliphatic heterocycles. The molecule has 1 aromatic rings. The van der Waals surface area contributed by atoms with Crippen molar-refractivity contribution in [3.63, 3.8) is 0 Å². The van der Waals surface area contributed by atoms with Crippen LogP contribution in [0.15, 0.2) is 5.38 Å². The monoisotopic (exact) mass is 239 g/mol. The van der Waals surface area contributed by atoms with Crippen LogP contribution in [0.25, 0.3) is 0 Å². The molecule has 1 unspecified atom stereocenters. The lowest BCUT2D eigenvalue weighted by molar-refractivity contribution is -0.141. The Labute approximate surface area is 95.3 Å². The lowest BCUT2D eigenvalue weighted by Gasteiger charge is -2.17. The average Bonchev–Trinajstić information content (AvgIpc) is 2.73. The normalized spacial score (nSPS) is 17.9. The number of hydrogen-bond donors (Lipinski definition) is 1. The van der Waals surface area contributed by atoms with Crippen molar-refractivity contribution in [3.05, 3.63) is 16.1 Å². The molecule has 0 saturated carbocycles. The largest absolute Gasteiger partial charge is 0.332 e. The van der Waals surface area contributed by atoms with Crippen molar-refractivity contribution in [3.8, 4) is 0 Å². The van der Waals surface area contributed by atoms with Crippen molar-refractivity contribution < 1.29 is 14.4 Å².